The Morgan fingerprint density at radius 3 is 2.87 bits per heavy atom. The third-order valence-electron chi connectivity index (χ3n) is 1.62. The van der Waals surface area contributed by atoms with Crippen LogP contribution in [-0.2, 0) is 0 Å². The zero-order valence-electron chi connectivity index (χ0n) is 7.74. The Hall–Kier alpha value is -1.18. The van der Waals surface area contributed by atoms with Gasteiger partial charge < -0.3 is 0 Å². The molecule has 0 bridgehead atoms. The lowest BCUT2D eigenvalue weighted by molar-refractivity contribution is -0.385. The number of rotatable bonds is 2. The van der Waals surface area contributed by atoms with Gasteiger partial charge in [-0.1, -0.05) is 23.4 Å². The average molecular weight is 242 g/mol. The highest BCUT2D eigenvalue weighted by molar-refractivity contribution is 7.80. The van der Waals surface area contributed by atoms with Crippen LogP contribution in [-0.4, -0.2) is 10.7 Å². The fourth-order valence-corrected chi connectivity index (χ4v) is 1.27. The van der Waals surface area contributed by atoms with Gasteiger partial charge in [0.25, 0.3) is 5.69 Å². The highest BCUT2D eigenvalue weighted by atomic mass is 35.5. The smallest absolute Gasteiger partial charge is 0.258 e. The molecular formula is C10H8ClNO2S. The minimum atomic E-state index is -0.471. The molecule has 0 atom stereocenters. The number of halogens is 1. The summed E-state index contributed by atoms with van der Waals surface area (Å²) in [7, 11) is 0. The molecule has 0 radical (unpaired) electrons. The molecule has 0 N–H and O–H groups in total. The molecule has 3 nitrogen and oxygen atoms in total. The van der Waals surface area contributed by atoms with Gasteiger partial charge in [-0.25, -0.2) is 0 Å². The number of nitro groups is 1. The van der Waals surface area contributed by atoms with Crippen LogP contribution in [0.2, 0.25) is 5.02 Å². The lowest BCUT2D eigenvalue weighted by atomic mass is 10.2. The summed E-state index contributed by atoms with van der Waals surface area (Å²) in [6.45, 7) is 0. The van der Waals surface area contributed by atoms with Crippen molar-refractivity contribution in [1.82, 2.24) is 0 Å². The summed E-state index contributed by atoms with van der Waals surface area (Å²) in [6, 6.07) is 4.32. The second kappa shape index (κ2) is 5.64. The van der Waals surface area contributed by atoms with Crippen LogP contribution >= 0.6 is 24.2 Å². The third kappa shape index (κ3) is 3.46. The van der Waals surface area contributed by atoms with Crippen molar-refractivity contribution in [1.29, 1.82) is 0 Å². The summed E-state index contributed by atoms with van der Waals surface area (Å²) in [5.41, 5.74) is 0.320. The molecule has 0 saturated heterocycles. The van der Waals surface area contributed by atoms with E-state index < -0.39 is 4.92 Å². The van der Waals surface area contributed by atoms with Gasteiger partial charge in [-0.15, -0.1) is 0 Å². The number of hydrogen-bond donors (Lipinski definition) is 1. The topological polar surface area (TPSA) is 43.1 Å². The Labute approximate surface area is 98.0 Å². The molecule has 1 aromatic rings. The molecule has 1 aromatic carbocycles. The molecule has 0 aromatic heterocycles. The lowest BCUT2D eigenvalue weighted by Crippen LogP contribution is -1.91. The maximum Gasteiger partial charge on any atom is 0.285 e. The summed E-state index contributed by atoms with van der Waals surface area (Å²) in [6.07, 6.45) is 0.590. The van der Waals surface area contributed by atoms with E-state index in [-0.39, 0.29) is 5.69 Å². The number of thiol groups is 1. The minimum absolute atomic E-state index is 0.0222. The molecule has 0 fully saturated rings. The number of benzene rings is 1. The molecule has 0 unspecified atom stereocenters. The number of nitro benzene ring substituents is 1. The summed E-state index contributed by atoms with van der Waals surface area (Å²) in [4.78, 5) is 10.2. The highest BCUT2D eigenvalue weighted by Crippen LogP contribution is 2.21. The normalized spacial score (nSPS) is 9.20. The van der Waals surface area contributed by atoms with Crippen LogP contribution in [0.5, 0.6) is 0 Å². The summed E-state index contributed by atoms with van der Waals surface area (Å²) >= 11 is 9.72. The largest absolute Gasteiger partial charge is 0.285 e. The first-order valence-corrected chi connectivity index (χ1v) is 5.20. The zero-order valence-corrected chi connectivity index (χ0v) is 9.39. The first-order valence-electron chi connectivity index (χ1n) is 4.19. The van der Waals surface area contributed by atoms with Crippen LogP contribution in [0.15, 0.2) is 18.2 Å². The number of nitrogens with zero attached hydrogens (tertiary/aromatic N) is 1. The predicted molar refractivity (Wildman–Crippen MR) is 63.5 cm³/mol. The summed E-state index contributed by atoms with van der Waals surface area (Å²) in [5.74, 6) is 6.12. The summed E-state index contributed by atoms with van der Waals surface area (Å²) < 4.78 is 0. The standard InChI is InChI=1S/C10H8ClNO2S/c11-9-4-5-10(12(13)14)8(7-9)3-1-2-6-15/h4-5,7,15H,2,6H2. The molecule has 0 spiro atoms. The van der Waals surface area contributed by atoms with Crippen molar-refractivity contribution < 1.29 is 4.92 Å². The van der Waals surface area contributed by atoms with E-state index in [0.717, 1.165) is 0 Å². The Kier molecular flexibility index (Phi) is 4.47. The van der Waals surface area contributed by atoms with Crippen molar-refractivity contribution in [2.75, 3.05) is 5.75 Å². The Balaban J connectivity index is 3.09. The first-order chi connectivity index (χ1) is 7.15. The van der Waals surface area contributed by atoms with Gasteiger partial charge in [-0.3, -0.25) is 10.1 Å². The monoisotopic (exact) mass is 241 g/mol. The quantitative estimate of drug-likeness (QED) is 0.374. The Bertz CT molecular complexity index is 437. The molecule has 15 heavy (non-hydrogen) atoms. The fraction of sp³-hybridized carbons (Fsp3) is 0.200. The molecule has 0 saturated carbocycles. The van der Waals surface area contributed by atoms with Gasteiger partial charge in [-0.05, 0) is 12.1 Å². The minimum Gasteiger partial charge on any atom is -0.258 e. The second-order valence-corrected chi connectivity index (χ2v) is 3.58. The Morgan fingerprint density at radius 1 is 1.53 bits per heavy atom. The molecule has 0 aliphatic carbocycles. The number of hydrogen-bond acceptors (Lipinski definition) is 3. The van der Waals surface area contributed by atoms with Crippen LogP contribution in [0.25, 0.3) is 0 Å². The van der Waals surface area contributed by atoms with Crippen LogP contribution in [0.4, 0.5) is 5.69 Å². The van der Waals surface area contributed by atoms with Crippen LogP contribution in [0.3, 0.4) is 0 Å². The van der Waals surface area contributed by atoms with Crippen molar-refractivity contribution in [3.63, 3.8) is 0 Å². The van der Waals surface area contributed by atoms with E-state index in [2.05, 4.69) is 24.5 Å². The Morgan fingerprint density at radius 2 is 2.27 bits per heavy atom. The molecule has 1 rings (SSSR count). The van der Waals surface area contributed by atoms with Crippen LogP contribution in [0.1, 0.15) is 12.0 Å². The van der Waals surface area contributed by atoms with Gasteiger partial charge in [0.05, 0.1) is 4.92 Å². The molecule has 0 amide bonds. The van der Waals surface area contributed by atoms with Crippen molar-refractivity contribution >= 4 is 29.9 Å². The average Bonchev–Trinajstić information content (AvgIpc) is 2.18. The fourth-order valence-electron chi connectivity index (χ4n) is 0.981. The van der Waals surface area contributed by atoms with E-state index in [0.29, 0.717) is 22.8 Å². The van der Waals surface area contributed by atoms with Gasteiger partial charge in [0.2, 0.25) is 0 Å². The van der Waals surface area contributed by atoms with Gasteiger partial charge >= 0.3 is 0 Å². The predicted octanol–water partition coefficient (Wildman–Crippen LogP) is 2.92. The highest BCUT2D eigenvalue weighted by Gasteiger charge is 2.11. The molecule has 0 aliphatic rings. The molecule has 0 aliphatic heterocycles. The van der Waals surface area contributed by atoms with Crippen molar-refractivity contribution in [3.8, 4) is 11.8 Å². The van der Waals surface area contributed by atoms with Crippen LogP contribution in [0, 0.1) is 22.0 Å². The SMILES string of the molecule is O=[N+]([O-])c1ccc(Cl)cc1C#CCCS. The van der Waals surface area contributed by atoms with E-state index in [1.165, 1.54) is 18.2 Å². The summed E-state index contributed by atoms with van der Waals surface area (Å²) in [5, 5.41) is 11.1. The van der Waals surface area contributed by atoms with Gasteiger partial charge in [0, 0.05) is 23.3 Å². The molecule has 0 heterocycles. The molecule has 78 valence electrons. The van der Waals surface area contributed by atoms with Crippen molar-refractivity contribution in [3.05, 3.63) is 38.9 Å². The van der Waals surface area contributed by atoms with E-state index in [4.69, 9.17) is 11.6 Å². The lowest BCUT2D eigenvalue weighted by Gasteiger charge is -1.95. The third-order valence-corrected chi connectivity index (χ3v) is 2.07. The van der Waals surface area contributed by atoms with E-state index >= 15 is 0 Å². The van der Waals surface area contributed by atoms with E-state index in [1.807, 2.05) is 0 Å². The van der Waals surface area contributed by atoms with Gasteiger partial charge in [0.15, 0.2) is 0 Å². The van der Waals surface area contributed by atoms with Gasteiger partial charge in [0.1, 0.15) is 5.56 Å². The molecule has 5 heteroatoms. The van der Waals surface area contributed by atoms with Gasteiger partial charge in [-0.2, -0.15) is 12.6 Å². The van der Waals surface area contributed by atoms with E-state index in [9.17, 15) is 10.1 Å². The van der Waals surface area contributed by atoms with Crippen molar-refractivity contribution in [2.45, 2.75) is 6.42 Å². The van der Waals surface area contributed by atoms with Crippen molar-refractivity contribution in [2.24, 2.45) is 0 Å². The molecular weight excluding hydrogens is 234 g/mol. The maximum atomic E-state index is 10.6. The first kappa shape index (κ1) is 11.9. The zero-order chi connectivity index (χ0) is 11.3. The van der Waals surface area contributed by atoms with E-state index in [1.54, 1.807) is 0 Å². The maximum absolute atomic E-state index is 10.6. The van der Waals surface area contributed by atoms with Crippen LogP contribution < -0.4 is 0 Å². The second-order valence-electron chi connectivity index (χ2n) is 2.69.